The Morgan fingerprint density at radius 2 is 1.84 bits per heavy atom. The number of sulfonamides is 1. The van der Waals surface area contributed by atoms with Gasteiger partial charge in [0.2, 0.25) is 21.8 Å². The van der Waals surface area contributed by atoms with E-state index in [9.17, 15) is 22.4 Å². The molecule has 2 heterocycles. The van der Waals surface area contributed by atoms with Gasteiger partial charge in [0.05, 0.1) is 10.8 Å². The summed E-state index contributed by atoms with van der Waals surface area (Å²) in [6, 6.07) is 10.1. The zero-order chi connectivity index (χ0) is 22.9. The minimum atomic E-state index is -3.81. The van der Waals surface area contributed by atoms with E-state index in [4.69, 9.17) is 0 Å². The van der Waals surface area contributed by atoms with E-state index in [1.54, 1.807) is 17.0 Å². The van der Waals surface area contributed by atoms with Gasteiger partial charge in [-0.1, -0.05) is 6.07 Å². The number of anilines is 2. The second-order valence-electron chi connectivity index (χ2n) is 8.30. The molecule has 0 bridgehead atoms. The van der Waals surface area contributed by atoms with Crippen LogP contribution in [0.3, 0.4) is 0 Å². The molecule has 2 aliphatic heterocycles. The maximum atomic E-state index is 13.2. The van der Waals surface area contributed by atoms with E-state index in [-0.39, 0.29) is 23.3 Å². The zero-order valence-electron chi connectivity index (χ0n) is 17.9. The number of aryl methyl sites for hydroxylation is 1. The van der Waals surface area contributed by atoms with Crippen molar-refractivity contribution in [3.63, 3.8) is 0 Å². The van der Waals surface area contributed by atoms with Gasteiger partial charge in [0.15, 0.2) is 0 Å². The van der Waals surface area contributed by atoms with Crippen LogP contribution in [0.25, 0.3) is 0 Å². The first-order chi connectivity index (χ1) is 15.3. The van der Waals surface area contributed by atoms with Crippen LogP contribution in [-0.4, -0.2) is 44.2 Å². The summed E-state index contributed by atoms with van der Waals surface area (Å²) in [7, 11) is -3.81. The van der Waals surface area contributed by atoms with Crippen LogP contribution in [0.15, 0.2) is 47.4 Å². The Kier molecular flexibility index (Phi) is 6.30. The number of piperidine rings is 1. The average Bonchev–Trinajstić information content (AvgIpc) is 3.21. The van der Waals surface area contributed by atoms with Gasteiger partial charge in [-0.05, 0) is 68.1 Å². The number of carbonyl (C=O) groups excluding carboxylic acids is 2. The lowest BCUT2D eigenvalue weighted by molar-refractivity contribution is -0.121. The molecular formula is C23H26FN3O4S. The number of hydrogen-bond acceptors (Lipinski definition) is 4. The Labute approximate surface area is 187 Å². The van der Waals surface area contributed by atoms with Crippen molar-refractivity contribution in [2.24, 2.45) is 5.92 Å². The topological polar surface area (TPSA) is 86.8 Å². The molecule has 2 saturated heterocycles. The Morgan fingerprint density at radius 1 is 1.09 bits per heavy atom. The molecule has 2 aromatic rings. The van der Waals surface area contributed by atoms with E-state index in [0.717, 1.165) is 29.8 Å². The van der Waals surface area contributed by atoms with Gasteiger partial charge in [-0.2, -0.15) is 4.31 Å². The first-order valence-corrected chi connectivity index (χ1v) is 12.2. The molecule has 0 aromatic heterocycles. The van der Waals surface area contributed by atoms with Crippen LogP contribution < -0.4 is 10.2 Å². The number of amides is 2. The zero-order valence-corrected chi connectivity index (χ0v) is 18.7. The molecule has 2 aliphatic rings. The van der Waals surface area contributed by atoms with Crippen LogP contribution >= 0.6 is 0 Å². The van der Waals surface area contributed by atoms with Crippen molar-refractivity contribution in [1.82, 2.24) is 4.31 Å². The van der Waals surface area contributed by atoms with Crippen molar-refractivity contribution >= 4 is 33.2 Å². The van der Waals surface area contributed by atoms with E-state index in [1.165, 1.54) is 16.4 Å². The minimum absolute atomic E-state index is 0.0124. The SMILES string of the molecule is Cc1ccc(NC(=O)[C@H]2CCCN(S(=O)(=O)c3ccc(F)cc3)C2)cc1N1CCCC1=O. The molecule has 0 spiro atoms. The number of nitrogens with zero attached hydrogens (tertiary/aromatic N) is 2. The highest BCUT2D eigenvalue weighted by Gasteiger charge is 2.33. The molecule has 0 saturated carbocycles. The molecule has 7 nitrogen and oxygen atoms in total. The molecule has 2 aromatic carbocycles. The number of rotatable bonds is 5. The smallest absolute Gasteiger partial charge is 0.243 e. The molecule has 2 amide bonds. The largest absolute Gasteiger partial charge is 0.326 e. The van der Waals surface area contributed by atoms with Crippen LogP contribution in [0.1, 0.15) is 31.2 Å². The Bertz CT molecular complexity index is 1130. The van der Waals surface area contributed by atoms with Gasteiger partial charge in [0.25, 0.3) is 0 Å². The molecule has 4 rings (SSSR count). The van der Waals surface area contributed by atoms with Crippen LogP contribution in [0.4, 0.5) is 15.8 Å². The van der Waals surface area contributed by atoms with E-state index in [0.29, 0.717) is 38.0 Å². The number of halogens is 1. The number of benzene rings is 2. The van der Waals surface area contributed by atoms with E-state index < -0.39 is 21.8 Å². The maximum Gasteiger partial charge on any atom is 0.243 e. The molecular weight excluding hydrogens is 433 g/mol. The molecule has 32 heavy (non-hydrogen) atoms. The Hall–Kier alpha value is -2.78. The fraction of sp³-hybridized carbons (Fsp3) is 0.391. The van der Waals surface area contributed by atoms with Gasteiger partial charge in [-0.25, -0.2) is 12.8 Å². The molecule has 1 N–H and O–H groups in total. The summed E-state index contributed by atoms with van der Waals surface area (Å²) in [6.45, 7) is 2.96. The molecule has 0 aliphatic carbocycles. The van der Waals surface area contributed by atoms with E-state index in [1.807, 2.05) is 13.0 Å². The highest BCUT2D eigenvalue weighted by molar-refractivity contribution is 7.89. The van der Waals surface area contributed by atoms with E-state index >= 15 is 0 Å². The standard InChI is InChI=1S/C23H26FN3O4S/c1-16-6-9-19(14-21(16)27-13-3-5-22(27)28)25-23(29)17-4-2-12-26(15-17)32(30,31)20-10-7-18(24)8-11-20/h6-11,14,17H,2-5,12-13,15H2,1H3,(H,25,29)/t17-/m0/s1. The lowest BCUT2D eigenvalue weighted by atomic mass is 9.98. The molecule has 0 unspecified atom stereocenters. The first-order valence-electron chi connectivity index (χ1n) is 10.7. The highest BCUT2D eigenvalue weighted by atomic mass is 32.2. The van der Waals surface area contributed by atoms with Gasteiger partial charge in [0.1, 0.15) is 5.82 Å². The predicted molar refractivity (Wildman–Crippen MR) is 119 cm³/mol. The van der Waals surface area contributed by atoms with Crippen molar-refractivity contribution in [2.45, 2.75) is 37.5 Å². The normalized spacial score (nSPS) is 19.9. The predicted octanol–water partition coefficient (Wildman–Crippen LogP) is 3.30. The van der Waals surface area contributed by atoms with Gasteiger partial charge in [-0.3, -0.25) is 9.59 Å². The molecule has 2 fully saturated rings. The number of nitrogens with one attached hydrogen (secondary N) is 1. The second kappa shape index (κ2) is 8.99. The summed E-state index contributed by atoms with van der Waals surface area (Å²) in [5, 5.41) is 2.89. The van der Waals surface area contributed by atoms with Crippen LogP contribution in [0.2, 0.25) is 0 Å². The maximum absolute atomic E-state index is 13.2. The fourth-order valence-electron chi connectivity index (χ4n) is 4.26. The quantitative estimate of drug-likeness (QED) is 0.743. The first kappa shape index (κ1) is 22.4. The van der Waals surface area contributed by atoms with Gasteiger partial charge in [0, 0.05) is 37.4 Å². The van der Waals surface area contributed by atoms with E-state index in [2.05, 4.69) is 5.32 Å². The molecule has 9 heteroatoms. The average molecular weight is 460 g/mol. The highest BCUT2D eigenvalue weighted by Crippen LogP contribution is 2.29. The molecule has 170 valence electrons. The monoisotopic (exact) mass is 459 g/mol. The molecule has 0 radical (unpaired) electrons. The van der Waals surface area contributed by atoms with Crippen LogP contribution in [-0.2, 0) is 19.6 Å². The number of hydrogen-bond donors (Lipinski definition) is 1. The third kappa shape index (κ3) is 4.54. The summed E-state index contributed by atoms with van der Waals surface area (Å²) in [6.07, 6.45) is 2.47. The molecule has 1 atom stereocenters. The Morgan fingerprint density at radius 3 is 2.53 bits per heavy atom. The third-order valence-corrected chi connectivity index (χ3v) is 7.93. The van der Waals surface area contributed by atoms with Crippen LogP contribution in [0.5, 0.6) is 0 Å². The summed E-state index contributed by atoms with van der Waals surface area (Å²) in [5.74, 6) is -1.19. The van der Waals surface area contributed by atoms with Crippen molar-refractivity contribution in [1.29, 1.82) is 0 Å². The Balaban J connectivity index is 1.47. The minimum Gasteiger partial charge on any atom is -0.326 e. The summed E-state index contributed by atoms with van der Waals surface area (Å²) < 4.78 is 40.3. The second-order valence-corrected chi connectivity index (χ2v) is 10.2. The van der Waals surface area contributed by atoms with Gasteiger partial charge >= 0.3 is 0 Å². The third-order valence-electron chi connectivity index (χ3n) is 6.05. The lowest BCUT2D eigenvalue weighted by Gasteiger charge is -2.31. The van der Waals surface area contributed by atoms with Crippen molar-refractivity contribution in [2.75, 3.05) is 29.9 Å². The fourth-order valence-corrected chi connectivity index (χ4v) is 5.78. The summed E-state index contributed by atoms with van der Waals surface area (Å²) in [5.41, 5.74) is 2.32. The number of carbonyl (C=O) groups is 2. The summed E-state index contributed by atoms with van der Waals surface area (Å²) >= 11 is 0. The summed E-state index contributed by atoms with van der Waals surface area (Å²) in [4.78, 5) is 26.8. The van der Waals surface area contributed by atoms with Crippen molar-refractivity contribution < 1.29 is 22.4 Å². The van der Waals surface area contributed by atoms with Crippen molar-refractivity contribution in [3.8, 4) is 0 Å². The van der Waals surface area contributed by atoms with Crippen LogP contribution in [0, 0.1) is 18.7 Å². The van der Waals surface area contributed by atoms with Gasteiger partial charge in [-0.15, -0.1) is 0 Å². The van der Waals surface area contributed by atoms with Gasteiger partial charge < -0.3 is 10.2 Å². The lowest BCUT2D eigenvalue weighted by Crippen LogP contribution is -2.43. The van der Waals surface area contributed by atoms with Crippen molar-refractivity contribution in [3.05, 3.63) is 53.8 Å².